The van der Waals surface area contributed by atoms with E-state index < -0.39 is 31.2 Å². The Morgan fingerprint density at radius 3 is 2.39 bits per heavy atom. The highest BCUT2D eigenvalue weighted by atomic mass is 31.2. The molecule has 4 rings (SSSR count). The Kier molecular flexibility index (Phi) is 9.07. The number of aryl methyl sites for hydroxylation is 1. The van der Waals surface area contributed by atoms with Crippen molar-refractivity contribution < 1.29 is 33.3 Å². The molecule has 41 heavy (non-hydrogen) atoms. The second-order valence-corrected chi connectivity index (χ2v) is 12.8. The van der Waals surface area contributed by atoms with Crippen molar-refractivity contribution in [2.45, 2.75) is 65.5 Å². The van der Waals surface area contributed by atoms with Crippen LogP contribution < -0.4 is 14.7 Å². The van der Waals surface area contributed by atoms with Gasteiger partial charge in [-0.15, -0.1) is 0 Å². The van der Waals surface area contributed by atoms with Gasteiger partial charge in [0.25, 0.3) is 0 Å². The molecule has 220 valence electrons. The minimum Gasteiger partial charge on any atom is -0.404 e. The third kappa shape index (κ3) is 7.44. The summed E-state index contributed by atoms with van der Waals surface area (Å²) in [6, 6.07) is 12.4. The van der Waals surface area contributed by atoms with E-state index in [-0.39, 0.29) is 17.6 Å². The van der Waals surface area contributed by atoms with Gasteiger partial charge in [0.05, 0.1) is 0 Å². The molecule has 2 aromatic carbocycles. The van der Waals surface area contributed by atoms with Gasteiger partial charge < -0.3 is 19.6 Å². The molecule has 2 aliphatic rings. The molecule has 2 aromatic rings. The third-order valence-corrected chi connectivity index (χ3v) is 7.93. The quantitative estimate of drug-likeness (QED) is 0.330. The summed E-state index contributed by atoms with van der Waals surface area (Å²) < 4.78 is 15.6. The first kappa shape index (κ1) is 30.5. The van der Waals surface area contributed by atoms with E-state index in [1.807, 2.05) is 49.9 Å². The van der Waals surface area contributed by atoms with E-state index in [9.17, 15) is 18.9 Å². The Morgan fingerprint density at radius 2 is 1.73 bits per heavy atom. The highest BCUT2D eigenvalue weighted by Crippen LogP contribution is 2.37. The lowest BCUT2D eigenvalue weighted by Gasteiger charge is -2.37. The van der Waals surface area contributed by atoms with E-state index in [2.05, 4.69) is 9.84 Å². The average molecular weight is 584 g/mol. The van der Waals surface area contributed by atoms with Crippen molar-refractivity contribution in [2.24, 2.45) is 5.41 Å². The molecule has 3 N–H and O–H groups in total. The number of nitrogens with zero attached hydrogens (tertiary/aromatic N) is 2. The summed E-state index contributed by atoms with van der Waals surface area (Å²) in [5, 5.41) is 2.87. The zero-order chi connectivity index (χ0) is 29.9. The zero-order valence-electron chi connectivity index (χ0n) is 23.9. The molecule has 10 nitrogen and oxygen atoms in total. The zero-order valence-corrected chi connectivity index (χ0v) is 24.8. The van der Waals surface area contributed by atoms with Crippen LogP contribution in [0.25, 0.3) is 5.57 Å². The van der Waals surface area contributed by atoms with Gasteiger partial charge >= 0.3 is 7.82 Å². The maximum absolute atomic E-state index is 13.9. The van der Waals surface area contributed by atoms with Gasteiger partial charge in [-0.25, -0.2) is 4.57 Å². The molecule has 1 fully saturated rings. The van der Waals surface area contributed by atoms with E-state index in [0.717, 1.165) is 24.1 Å². The molecule has 0 spiro atoms. The van der Waals surface area contributed by atoms with Crippen molar-refractivity contribution in [3.8, 4) is 5.75 Å². The van der Waals surface area contributed by atoms with Crippen LogP contribution in [0.5, 0.6) is 5.75 Å². The number of anilines is 1. The Morgan fingerprint density at radius 1 is 1.05 bits per heavy atom. The van der Waals surface area contributed by atoms with Gasteiger partial charge in [0, 0.05) is 24.9 Å². The number of phosphoric ester groups is 1. The normalized spacial score (nSPS) is 18.5. The third-order valence-electron chi connectivity index (χ3n) is 7.48. The van der Waals surface area contributed by atoms with Gasteiger partial charge in [0.15, 0.2) is 0 Å². The number of phosphoric acid groups is 1. The SMILES string of the molecule is C/C(=C\C(=O)N[C@H](C(=O)N1CCC[C@H]1C(=O)N1CCCc2ccccc21)C(C)(C)C)c1ccc(OP(=O)(O)O)cc1. The fourth-order valence-electron chi connectivity index (χ4n) is 5.42. The molecule has 0 radical (unpaired) electrons. The van der Waals surface area contributed by atoms with Gasteiger partial charge in [0.2, 0.25) is 17.7 Å². The van der Waals surface area contributed by atoms with E-state index in [4.69, 9.17) is 9.79 Å². The maximum atomic E-state index is 13.9. The van der Waals surface area contributed by atoms with Crippen LogP contribution in [-0.4, -0.2) is 57.6 Å². The molecule has 0 saturated carbocycles. The number of likely N-dealkylation sites (tertiary alicyclic amines) is 1. The van der Waals surface area contributed by atoms with Crippen molar-refractivity contribution >= 4 is 36.8 Å². The first-order valence-corrected chi connectivity index (χ1v) is 15.3. The standard InChI is InChI=1S/C30H38N3O7P/c1-20(21-13-15-23(16-14-21)40-41(37,38)39)19-26(34)31-27(30(2,3)4)29(36)33-18-8-12-25(33)28(35)32-17-7-10-22-9-5-6-11-24(22)32/h5-6,9,11,13-16,19,25,27H,7-8,10,12,17-18H2,1-4H3,(H,31,34)(H2,37,38,39)/b20-19+/t25-,27+/m0/s1. The number of hydrogen-bond donors (Lipinski definition) is 3. The molecule has 2 atom stereocenters. The average Bonchev–Trinajstić information content (AvgIpc) is 3.39. The predicted octanol–water partition coefficient (Wildman–Crippen LogP) is 4.06. The van der Waals surface area contributed by atoms with Crippen molar-refractivity contribution in [2.75, 3.05) is 18.0 Å². The molecule has 1 saturated heterocycles. The summed E-state index contributed by atoms with van der Waals surface area (Å²) in [6.45, 7) is 8.41. The second-order valence-electron chi connectivity index (χ2n) is 11.7. The molecular weight excluding hydrogens is 545 g/mol. The Hall–Kier alpha value is -3.46. The van der Waals surface area contributed by atoms with Crippen LogP contribution >= 0.6 is 7.82 Å². The summed E-state index contributed by atoms with van der Waals surface area (Å²) in [6.07, 6.45) is 4.46. The molecular formula is C30H38N3O7P. The van der Waals surface area contributed by atoms with Crippen LogP contribution in [0.15, 0.2) is 54.6 Å². The number of benzene rings is 2. The lowest BCUT2D eigenvalue weighted by atomic mass is 9.85. The van der Waals surface area contributed by atoms with E-state index in [0.29, 0.717) is 37.1 Å². The van der Waals surface area contributed by atoms with Gasteiger partial charge in [-0.2, -0.15) is 0 Å². The monoisotopic (exact) mass is 583 g/mol. The molecule has 3 amide bonds. The molecule has 0 aromatic heterocycles. The van der Waals surface area contributed by atoms with Crippen LogP contribution in [0.4, 0.5) is 5.69 Å². The predicted molar refractivity (Wildman–Crippen MR) is 156 cm³/mol. The van der Waals surface area contributed by atoms with Crippen LogP contribution in [0.2, 0.25) is 0 Å². The summed E-state index contributed by atoms with van der Waals surface area (Å²) in [4.78, 5) is 62.1. The lowest BCUT2D eigenvalue weighted by molar-refractivity contribution is -0.142. The smallest absolute Gasteiger partial charge is 0.404 e. The number of amides is 3. The number of rotatable bonds is 7. The fourth-order valence-corrected chi connectivity index (χ4v) is 5.82. The van der Waals surface area contributed by atoms with Gasteiger partial charge in [-0.1, -0.05) is 51.1 Å². The topological polar surface area (TPSA) is 136 Å². The Bertz CT molecular complexity index is 1380. The highest BCUT2D eigenvalue weighted by molar-refractivity contribution is 7.46. The van der Waals surface area contributed by atoms with Crippen LogP contribution in [0, 0.1) is 5.41 Å². The largest absolute Gasteiger partial charge is 0.524 e. The summed E-state index contributed by atoms with van der Waals surface area (Å²) >= 11 is 0. The number of carbonyl (C=O) groups excluding carboxylic acids is 3. The molecule has 2 aliphatic heterocycles. The Balaban J connectivity index is 1.49. The van der Waals surface area contributed by atoms with Crippen molar-refractivity contribution in [3.05, 3.63) is 65.7 Å². The Labute approximate surface area is 240 Å². The van der Waals surface area contributed by atoms with Crippen LogP contribution in [-0.2, 0) is 25.4 Å². The lowest BCUT2D eigenvalue weighted by Crippen LogP contribution is -2.58. The van der Waals surface area contributed by atoms with Crippen molar-refractivity contribution in [1.82, 2.24) is 10.2 Å². The highest BCUT2D eigenvalue weighted by Gasteiger charge is 2.43. The number of fused-ring (bicyclic) bond motifs is 1. The van der Waals surface area contributed by atoms with E-state index >= 15 is 0 Å². The molecule has 0 aliphatic carbocycles. The van der Waals surface area contributed by atoms with Crippen LogP contribution in [0.3, 0.4) is 0 Å². The fraction of sp³-hybridized carbons (Fsp3) is 0.433. The number of carbonyl (C=O) groups is 3. The van der Waals surface area contributed by atoms with Gasteiger partial charge in [0.1, 0.15) is 17.8 Å². The van der Waals surface area contributed by atoms with Crippen molar-refractivity contribution in [3.63, 3.8) is 0 Å². The number of nitrogens with one attached hydrogen (secondary N) is 1. The van der Waals surface area contributed by atoms with E-state index in [1.165, 1.54) is 18.2 Å². The van der Waals surface area contributed by atoms with E-state index in [1.54, 1.807) is 24.0 Å². The minimum absolute atomic E-state index is 0.000448. The number of allylic oxidation sites excluding steroid dienone is 1. The first-order chi connectivity index (χ1) is 19.2. The molecule has 0 bridgehead atoms. The first-order valence-electron chi connectivity index (χ1n) is 13.8. The van der Waals surface area contributed by atoms with Crippen molar-refractivity contribution in [1.29, 1.82) is 0 Å². The van der Waals surface area contributed by atoms with Gasteiger partial charge in [-0.05, 0) is 72.9 Å². The van der Waals surface area contributed by atoms with Crippen LogP contribution in [0.1, 0.15) is 58.1 Å². The second kappa shape index (κ2) is 12.2. The summed E-state index contributed by atoms with van der Waals surface area (Å²) in [5.74, 6) is -0.820. The molecule has 0 unspecified atom stereocenters. The summed E-state index contributed by atoms with van der Waals surface area (Å²) in [7, 11) is -4.67. The molecule has 2 heterocycles. The number of para-hydroxylation sites is 1. The minimum atomic E-state index is -4.67. The van der Waals surface area contributed by atoms with Gasteiger partial charge in [-0.3, -0.25) is 24.2 Å². The molecule has 11 heteroatoms. The number of hydrogen-bond acceptors (Lipinski definition) is 5. The maximum Gasteiger partial charge on any atom is 0.524 e. The summed E-state index contributed by atoms with van der Waals surface area (Å²) in [5.41, 5.74) is 2.65.